The molecule has 4 heteroatoms. The van der Waals surface area contributed by atoms with Gasteiger partial charge in [0.05, 0.1) is 19.8 Å². The van der Waals surface area contributed by atoms with E-state index in [1.807, 2.05) is 65.6 Å². The summed E-state index contributed by atoms with van der Waals surface area (Å²) in [6.07, 6.45) is 4.30. The highest BCUT2D eigenvalue weighted by Crippen LogP contribution is 2.22. The second-order valence-electron chi connectivity index (χ2n) is 5.67. The third-order valence-electron chi connectivity index (χ3n) is 4.08. The molecule has 24 heavy (non-hydrogen) atoms. The standard InChI is InChI=1S/C20H21NO3/c1-23-19-10-7-16(8-11-19)9-12-20(22)21(18-13-14-24-15-18)17-5-3-2-4-6-17/h2-12,18H,13-15H2,1H3/b12-9+. The maximum absolute atomic E-state index is 12.8. The Kier molecular flexibility index (Phi) is 5.29. The van der Waals surface area contributed by atoms with Gasteiger partial charge in [-0.2, -0.15) is 0 Å². The quantitative estimate of drug-likeness (QED) is 0.790. The topological polar surface area (TPSA) is 38.8 Å². The monoisotopic (exact) mass is 323 g/mol. The zero-order chi connectivity index (χ0) is 16.8. The van der Waals surface area contributed by atoms with Crippen LogP contribution >= 0.6 is 0 Å². The summed E-state index contributed by atoms with van der Waals surface area (Å²) in [6, 6.07) is 17.4. The number of benzene rings is 2. The average molecular weight is 323 g/mol. The van der Waals surface area contributed by atoms with Gasteiger partial charge in [0.2, 0.25) is 0 Å². The summed E-state index contributed by atoms with van der Waals surface area (Å²) in [5, 5.41) is 0. The van der Waals surface area contributed by atoms with E-state index in [9.17, 15) is 4.79 Å². The number of amides is 1. The number of hydrogen-bond donors (Lipinski definition) is 0. The van der Waals surface area contributed by atoms with Crippen LogP contribution in [0.3, 0.4) is 0 Å². The van der Waals surface area contributed by atoms with Gasteiger partial charge in [-0.1, -0.05) is 30.3 Å². The predicted molar refractivity (Wildman–Crippen MR) is 95.2 cm³/mol. The van der Waals surface area contributed by atoms with Crippen LogP contribution in [0.2, 0.25) is 0 Å². The van der Waals surface area contributed by atoms with Crippen molar-refractivity contribution in [2.45, 2.75) is 12.5 Å². The third-order valence-corrected chi connectivity index (χ3v) is 4.08. The summed E-state index contributed by atoms with van der Waals surface area (Å²) < 4.78 is 10.6. The van der Waals surface area contributed by atoms with Crippen LogP contribution in [-0.2, 0) is 9.53 Å². The first kappa shape index (κ1) is 16.3. The molecular weight excluding hydrogens is 302 g/mol. The Bertz CT molecular complexity index is 689. The van der Waals surface area contributed by atoms with Gasteiger partial charge in [-0.25, -0.2) is 0 Å². The van der Waals surface area contributed by atoms with Crippen LogP contribution < -0.4 is 9.64 Å². The first-order chi connectivity index (χ1) is 11.8. The molecule has 0 radical (unpaired) electrons. The maximum Gasteiger partial charge on any atom is 0.251 e. The Balaban J connectivity index is 1.79. The van der Waals surface area contributed by atoms with Gasteiger partial charge in [-0.3, -0.25) is 4.79 Å². The van der Waals surface area contributed by atoms with Gasteiger partial charge >= 0.3 is 0 Å². The highest BCUT2D eigenvalue weighted by molar-refractivity contribution is 6.04. The highest BCUT2D eigenvalue weighted by Gasteiger charge is 2.27. The molecule has 1 aliphatic heterocycles. The molecule has 1 atom stereocenters. The molecule has 2 aromatic carbocycles. The van der Waals surface area contributed by atoms with Crippen molar-refractivity contribution in [1.29, 1.82) is 0 Å². The van der Waals surface area contributed by atoms with Gasteiger partial charge in [0, 0.05) is 18.4 Å². The summed E-state index contributed by atoms with van der Waals surface area (Å²) in [7, 11) is 1.63. The number of rotatable bonds is 5. The maximum atomic E-state index is 12.8. The number of methoxy groups -OCH3 is 1. The van der Waals surface area contributed by atoms with E-state index in [2.05, 4.69) is 0 Å². The molecule has 1 unspecified atom stereocenters. The van der Waals surface area contributed by atoms with E-state index >= 15 is 0 Å². The minimum Gasteiger partial charge on any atom is -0.497 e. The molecule has 2 aromatic rings. The zero-order valence-electron chi connectivity index (χ0n) is 13.7. The lowest BCUT2D eigenvalue weighted by Gasteiger charge is -2.27. The molecule has 0 N–H and O–H groups in total. The molecular formula is C20H21NO3. The van der Waals surface area contributed by atoms with Crippen molar-refractivity contribution in [3.05, 3.63) is 66.2 Å². The second kappa shape index (κ2) is 7.79. The lowest BCUT2D eigenvalue weighted by atomic mass is 10.1. The first-order valence-corrected chi connectivity index (χ1v) is 8.06. The molecule has 1 amide bonds. The van der Waals surface area contributed by atoms with Crippen molar-refractivity contribution < 1.29 is 14.3 Å². The molecule has 1 fully saturated rings. The average Bonchev–Trinajstić information content (AvgIpc) is 3.15. The van der Waals surface area contributed by atoms with Crippen LogP contribution in [-0.4, -0.2) is 32.3 Å². The number of carbonyl (C=O) groups excluding carboxylic acids is 1. The minimum atomic E-state index is -0.0347. The van der Waals surface area contributed by atoms with Gasteiger partial charge in [-0.05, 0) is 42.3 Å². The Labute approximate surface area is 142 Å². The normalized spacial score (nSPS) is 17.1. The molecule has 0 aliphatic carbocycles. The van der Waals surface area contributed by atoms with Gasteiger partial charge in [0.1, 0.15) is 5.75 Å². The predicted octanol–water partition coefficient (Wildman–Crippen LogP) is 3.53. The zero-order valence-corrected chi connectivity index (χ0v) is 13.7. The number of ether oxygens (including phenoxy) is 2. The smallest absolute Gasteiger partial charge is 0.251 e. The van der Waals surface area contributed by atoms with Crippen LogP contribution in [0.5, 0.6) is 5.75 Å². The van der Waals surface area contributed by atoms with Crippen LogP contribution in [0.4, 0.5) is 5.69 Å². The molecule has 1 heterocycles. The lowest BCUT2D eigenvalue weighted by Crippen LogP contribution is -2.40. The Morgan fingerprint density at radius 2 is 1.92 bits per heavy atom. The summed E-state index contributed by atoms with van der Waals surface area (Å²) in [5.41, 5.74) is 1.86. The van der Waals surface area contributed by atoms with Gasteiger partial charge in [-0.15, -0.1) is 0 Å². The van der Waals surface area contributed by atoms with E-state index in [0.29, 0.717) is 13.2 Å². The molecule has 0 spiro atoms. The van der Waals surface area contributed by atoms with E-state index in [1.165, 1.54) is 0 Å². The van der Waals surface area contributed by atoms with Gasteiger partial charge < -0.3 is 14.4 Å². The molecule has 3 rings (SSSR count). The number of carbonyl (C=O) groups is 1. The van der Waals surface area contributed by atoms with Gasteiger partial charge in [0.15, 0.2) is 0 Å². The second-order valence-corrected chi connectivity index (χ2v) is 5.67. The SMILES string of the molecule is COc1ccc(/C=C/C(=O)N(c2ccccc2)C2CCOC2)cc1. The Morgan fingerprint density at radius 1 is 1.17 bits per heavy atom. The number of hydrogen-bond acceptors (Lipinski definition) is 3. The van der Waals surface area contributed by atoms with Crippen LogP contribution in [0, 0.1) is 0 Å². The van der Waals surface area contributed by atoms with Crippen LogP contribution in [0.25, 0.3) is 6.08 Å². The van der Waals surface area contributed by atoms with Crippen molar-refractivity contribution in [2.24, 2.45) is 0 Å². The van der Waals surface area contributed by atoms with E-state index in [0.717, 1.165) is 23.4 Å². The van der Waals surface area contributed by atoms with Gasteiger partial charge in [0.25, 0.3) is 5.91 Å². The molecule has 1 aliphatic rings. The number of anilines is 1. The molecule has 0 saturated carbocycles. The summed E-state index contributed by atoms with van der Waals surface area (Å²) >= 11 is 0. The number of para-hydroxylation sites is 1. The first-order valence-electron chi connectivity index (χ1n) is 8.06. The van der Waals surface area contributed by atoms with Crippen molar-refractivity contribution in [3.8, 4) is 5.75 Å². The molecule has 0 bridgehead atoms. The molecule has 124 valence electrons. The van der Waals surface area contributed by atoms with Crippen LogP contribution in [0.1, 0.15) is 12.0 Å². The van der Waals surface area contributed by atoms with Crippen molar-refractivity contribution in [3.63, 3.8) is 0 Å². The lowest BCUT2D eigenvalue weighted by molar-refractivity contribution is -0.114. The summed E-state index contributed by atoms with van der Waals surface area (Å²) in [6.45, 7) is 1.28. The largest absolute Gasteiger partial charge is 0.497 e. The molecule has 1 saturated heterocycles. The molecule has 0 aromatic heterocycles. The Morgan fingerprint density at radius 3 is 2.54 bits per heavy atom. The summed E-state index contributed by atoms with van der Waals surface area (Å²) in [5.74, 6) is 0.764. The fourth-order valence-electron chi connectivity index (χ4n) is 2.80. The summed E-state index contributed by atoms with van der Waals surface area (Å²) in [4.78, 5) is 14.6. The van der Waals surface area contributed by atoms with Crippen molar-refractivity contribution in [1.82, 2.24) is 0 Å². The minimum absolute atomic E-state index is 0.0347. The van der Waals surface area contributed by atoms with E-state index in [-0.39, 0.29) is 11.9 Å². The fourth-order valence-corrected chi connectivity index (χ4v) is 2.80. The van der Waals surface area contributed by atoms with Crippen molar-refractivity contribution >= 4 is 17.7 Å². The molecule has 4 nitrogen and oxygen atoms in total. The van der Waals surface area contributed by atoms with Crippen LogP contribution in [0.15, 0.2) is 60.7 Å². The Hall–Kier alpha value is -2.59. The van der Waals surface area contributed by atoms with E-state index in [4.69, 9.17) is 9.47 Å². The fraction of sp³-hybridized carbons (Fsp3) is 0.250. The van der Waals surface area contributed by atoms with E-state index in [1.54, 1.807) is 13.2 Å². The third kappa shape index (κ3) is 3.84. The number of nitrogens with zero attached hydrogens (tertiary/aromatic N) is 1. The highest BCUT2D eigenvalue weighted by atomic mass is 16.5. The van der Waals surface area contributed by atoms with E-state index < -0.39 is 0 Å². The van der Waals surface area contributed by atoms with Crippen molar-refractivity contribution in [2.75, 3.05) is 25.2 Å².